The Hall–Kier alpha value is -1.56. The first-order valence-electron chi connectivity index (χ1n) is 9.56. The van der Waals surface area contributed by atoms with Crippen LogP contribution >= 0.6 is 0 Å². The van der Waals surface area contributed by atoms with Gasteiger partial charge in [0.15, 0.2) is 11.5 Å². The number of benzene rings is 1. The van der Waals surface area contributed by atoms with Gasteiger partial charge in [0.05, 0.1) is 11.0 Å². The lowest BCUT2D eigenvalue weighted by atomic mass is 9.47. The molecule has 1 spiro atoms. The third kappa shape index (κ3) is 1.63. The van der Waals surface area contributed by atoms with Crippen LogP contribution in [-0.2, 0) is 16.6 Å². The van der Waals surface area contributed by atoms with Crippen LogP contribution in [0.15, 0.2) is 24.8 Å². The summed E-state index contributed by atoms with van der Waals surface area (Å²) < 4.78 is 12.3. The largest absolute Gasteiger partial charge is 0.504 e. The van der Waals surface area contributed by atoms with Gasteiger partial charge >= 0.3 is 0 Å². The number of methoxy groups -OCH3 is 1. The molecule has 0 amide bonds. The summed E-state index contributed by atoms with van der Waals surface area (Å²) in [6.07, 6.45) is 4.59. The highest BCUT2D eigenvalue weighted by Crippen LogP contribution is 2.67. The fraction of sp³-hybridized carbons (Fsp3) is 0.619. The highest BCUT2D eigenvalue weighted by atomic mass is 16.6. The standard InChI is InChI=1S/C21H27NO4/c1-4-10-22-11-9-20-16-13-5-6-14(23)17(16)26-18(20)19(2,25-3)7-8-21(20,24)15(22)12-13/h4-6,15,18,23-24H,1,7-12H2,2-3H3/t15-,18+,19?,20+,21-/m1/s1. The molecule has 1 aromatic rings. The highest BCUT2D eigenvalue weighted by molar-refractivity contribution is 5.62. The van der Waals surface area contributed by atoms with Crippen LogP contribution in [0.5, 0.6) is 11.5 Å². The third-order valence-corrected chi connectivity index (χ3v) is 7.71. The average Bonchev–Trinajstić information content (AvgIpc) is 2.99. The molecule has 0 radical (unpaired) electrons. The maximum Gasteiger partial charge on any atom is 0.165 e. The van der Waals surface area contributed by atoms with Gasteiger partial charge in [-0.05, 0) is 50.8 Å². The lowest BCUT2D eigenvalue weighted by Crippen LogP contribution is -2.79. The molecule has 1 saturated carbocycles. The Morgan fingerprint density at radius 1 is 1.38 bits per heavy atom. The number of phenols is 1. The van der Waals surface area contributed by atoms with E-state index in [0.29, 0.717) is 12.2 Å². The van der Waals surface area contributed by atoms with Crippen molar-refractivity contribution in [2.24, 2.45) is 0 Å². The van der Waals surface area contributed by atoms with Crippen LogP contribution in [0, 0.1) is 0 Å². The van der Waals surface area contributed by atoms with Crippen molar-refractivity contribution in [3.63, 3.8) is 0 Å². The molecule has 5 atom stereocenters. The molecule has 2 heterocycles. The lowest BCUT2D eigenvalue weighted by molar-refractivity contribution is -0.235. The predicted molar refractivity (Wildman–Crippen MR) is 97.7 cm³/mol. The number of hydrogen-bond donors (Lipinski definition) is 2. The van der Waals surface area contributed by atoms with Gasteiger partial charge in [-0.25, -0.2) is 0 Å². The van der Waals surface area contributed by atoms with Crippen LogP contribution in [0.1, 0.15) is 37.3 Å². The van der Waals surface area contributed by atoms with Gasteiger partial charge in [-0.2, -0.15) is 0 Å². The molecule has 5 heteroatoms. The third-order valence-electron chi connectivity index (χ3n) is 7.71. The van der Waals surface area contributed by atoms with E-state index in [1.54, 1.807) is 13.2 Å². The van der Waals surface area contributed by atoms with Gasteiger partial charge in [0.1, 0.15) is 11.7 Å². The van der Waals surface area contributed by atoms with Crippen molar-refractivity contribution in [3.05, 3.63) is 35.9 Å². The molecule has 2 N–H and O–H groups in total. The Bertz CT molecular complexity index is 794. The second kappa shape index (κ2) is 5.03. The topological polar surface area (TPSA) is 62.2 Å². The number of nitrogens with zero attached hydrogens (tertiary/aromatic N) is 1. The van der Waals surface area contributed by atoms with E-state index in [2.05, 4.69) is 18.4 Å². The number of ether oxygens (including phenoxy) is 2. The van der Waals surface area contributed by atoms with E-state index in [4.69, 9.17) is 9.47 Å². The van der Waals surface area contributed by atoms with Crippen molar-refractivity contribution < 1.29 is 19.7 Å². The van der Waals surface area contributed by atoms with Gasteiger partial charge in [0.25, 0.3) is 0 Å². The number of likely N-dealkylation sites (tertiary alicyclic amines) is 1. The van der Waals surface area contributed by atoms with Gasteiger partial charge in [-0.1, -0.05) is 12.1 Å². The normalized spacial score (nSPS) is 42.9. The minimum absolute atomic E-state index is 0.0322. The molecule has 5 nitrogen and oxygen atoms in total. The smallest absolute Gasteiger partial charge is 0.165 e. The fourth-order valence-corrected chi connectivity index (χ4v) is 6.44. The van der Waals surface area contributed by atoms with Crippen molar-refractivity contribution in [2.45, 2.75) is 61.4 Å². The molecule has 2 bridgehead atoms. The summed E-state index contributed by atoms with van der Waals surface area (Å²) in [4.78, 5) is 2.36. The summed E-state index contributed by atoms with van der Waals surface area (Å²) in [6.45, 7) is 7.64. The van der Waals surface area contributed by atoms with E-state index in [-0.39, 0.29) is 17.9 Å². The quantitative estimate of drug-likeness (QED) is 0.812. The van der Waals surface area contributed by atoms with Crippen LogP contribution < -0.4 is 4.74 Å². The Morgan fingerprint density at radius 2 is 2.19 bits per heavy atom. The SMILES string of the molecule is C=CCN1CC[C@]23c4c5ccc(O)c4O[C@H]2C(C)(OC)CC[C@@]3(O)[C@H]1C5. The molecule has 1 aromatic carbocycles. The summed E-state index contributed by atoms with van der Waals surface area (Å²) >= 11 is 0. The average molecular weight is 357 g/mol. The van der Waals surface area contributed by atoms with Crippen LogP contribution in [0.25, 0.3) is 0 Å². The van der Waals surface area contributed by atoms with E-state index in [9.17, 15) is 10.2 Å². The van der Waals surface area contributed by atoms with Crippen molar-refractivity contribution in [3.8, 4) is 11.5 Å². The molecule has 1 unspecified atom stereocenters. The van der Waals surface area contributed by atoms with Gasteiger partial charge in [0.2, 0.25) is 0 Å². The first-order chi connectivity index (χ1) is 12.4. The maximum absolute atomic E-state index is 12.1. The number of aliphatic hydroxyl groups is 1. The van der Waals surface area contributed by atoms with Gasteiger partial charge in [0, 0.05) is 25.3 Å². The van der Waals surface area contributed by atoms with E-state index in [1.165, 1.54) is 5.56 Å². The Kier molecular flexibility index (Phi) is 3.21. The predicted octanol–water partition coefficient (Wildman–Crippen LogP) is 2.14. The molecule has 2 fully saturated rings. The number of rotatable bonds is 3. The molecule has 0 aromatic heterocycles. The minimum atomic E-state index is -0.886. The number of hydrogen-bond acceptors (Lipinski definition) is 5. The van der Waals surface area contributed by atoms with Gasteiger partial charge in [-0.3, -0.25) is 4.90 Å². The number of piperidine rings is 1. The molecule has 2 aliphatic carbocycles. The maximum atomic E-state index is 12.1. The first kappa shape index (κ1) is 16.6. The summed E-state index contributed by atoms with van der Waals surface area (Å²) in [5.41, 5.74) is 0.312. The van der Waals surface area contributed by atoms with E-state index in [0.717, 1.165) is 37.9 Å². The van der Waals surface area contributed by atoms with E-state index < -0.39 is 16.6 Å². The molecule has 26 heavy (non-hydrogen) atoms. The summed E-state index contributed by atoms with van der Waals surface area (Å²) in [6, 6.07) is 3.76. The van der Waals surface area contributed by atoms with Gasteiger partial charge in [-0.15, -0.1) is 6.58 Å². The second-order valence-electron chi connectivity index (χ2n) is 8.61. The van der Waals surface area contributed by atoms with E-state index in [1.807, 2.05) is 12.1 Å². The van der Waals surface area contributed by atoms with Crippen molar-refractivity contribution >= 4 is 0 Å². The van der Waals surface area contributed by atoms with Crippen LogP contribution in [-0.4, -0.2) is 58.7 Å². The zero-order chi connectivity index (χ0) is 18.3. The molecular weight excluding hydrogens is 330 g/mol. The number of phenolic OH excluding ortho intramolecular Hbond substituents is 1. The Labute approximate surface area is 154 Å². The van der Waals surface area contributed by atoms with Crippen molar-refractivity contribution in [2.75, 3.05) is 20.2 Å². The van der Waals surface area contributed by atoms with Crippen LogP contribution in [0.2, 0.25) is 0 Å². The molecule has 5 rings (SSSR count). The van der Waals surface area contributed by atoms with Crippen molar-refractivity contribution in [1.82, 2.24) is 4.90 Å². The molecule has 1 saturated heterocycles. The lowest BCUT2D eigenvalue weighted by Gasteiger charge is -2.65. The summed E-state index contributed by atoms with van der Waals surface area (Å²) in [7, 11) is 1.72. The van der Waals surface area contributed by atoms with Crippen LogP contribution in [0.3, 0.4) is 0 Å². The molecule has 4 aliphatic rings. The van der Waals surface area contributed by atoms with Crippen LogP contribution in [0.4, 0.5) is 0 Å². The zero-order valence-electron chi connectivity index (χ0n) is 15.5. The summed E-state index contributed by atoms with van der Waals surface area (Å²) in [5, 5.41) is 22.6. The van der Waals surface area contributed by atoms with Crippen molar-refractivity contribution in [1.29, 1.82) is 0 Å². The molecule has 2 aliphatic heterocycles. The summed E-state index contributed by atoms with van der Waals surface area (Å²) in [5.74, 6) is 0.729. The fourth-order valence-electron chi connectivity index (χ4n) is 6.44. The number of aromatic hydroxyl groups is 1. The second-order valence-corrected chi connectivity index (χ2v) is 8.61. The van der Waals surface area contributed by atoms with E-state index >= 15 is 0 Å². The first-order valence-corrected chi connectivity index (χ1v) is 9.56. The highest BCUT2D eigenvalue weighted by Gasteiger charge is 2.75. The molecular formula is C21H27NO4. The Morgan fingerprint density at radius 3 is 2.92 bits per heavy atom. The minimum Gasteiger partial charge on any atom is -0.504 e. The Balaban J connectivity index is 1.79. The zero-order valence-corrected chi connectivity index (χ0v) is 15.5. The monoisotopic (exact) mass is 357 g/mol. The van der Waals surface area contributed by atoms with Gasteiger partial charge < -0.3 is 19.7 Å². The molecule has 140 valence electrons.